The third-order valence-electron chi connectivity index (χ3n) is 6.94. The second-order valence-electron chi connectivity index (χ2n) is 9.50. The molecule has 2 aliphatic rings. The molecule has 196 valence electrons. The van der Waals surface area contributed by atoms with Gasteiger partial charge in [-0.05, 0) is 36.0 Å². The fourth-order valence-electron chi connectivity index (χ4n) is 4.84. The van der Waals surface area contributed by atoms with Crippen LogP contribution >= 0.6 is 0 Å². The molecule has 7 nitrogen and oxygen atoms in total. The van der Waals surface area contributed by atoms with Crippen LogP contribution in [0, 0.1) is 0 Å². The number of carbonyl (C=O) groups is 4. The monoisotopic (exact) mass is 519 g/mol. The Hall–Kier alpha value is -4.78. The maximum atomic E-state index is 13.6. The number of imide groups is 2. The van der Waals surface area contributed by atoms with Gasteiger partial charge < -0.3 is 5.32 Å². The highest BCUT2D eigenvalue weighted by molar-refractivity contribution is 6.29. The number of nitrogens with zero attached hydrogens (tertiary/aromatic N) is 2. The minimum absolute atomic E-state index is 0.0262. The minimum Gasteiger partial charge on any atom is -0.380 e. The lowest BCUT2D eigenvalue weighted by Crippen LogP contribution is -2.36. The van der Waals surface area contributed by atoms with Gasteiger partial charge in [0.1, 0.15) is 5.70 Å². The van der Waals surface area contributed by atoms with Gasteiger partial charge in [-0.15, -0.1) is 0 Å². The average Bonchev–Trinajstić information content (AvgIpc) is 3.37. The van der Waals surface area contributed by atoms with Crippen LogP contribution in [0.15, 0.2) is 114 Å². The van der Waals surface area contributed by atoms with Crippen LogP contribution < -0.4 is 5.32 Å². The third-order valence-corrected chi connectivity index (χ3v) is 6.94. The molecule has 3 aromatic rings. The zero-order chi connectivity index (χ0) is 27.2. The van der Waals surface area contributed by atoms with E-state index in [-0.39, 0.29) is 29.9 Å². The Labute approximate surface area is 227 Å². The van der Waals surface area contributed by atoms with Crippen molar-refractivity contribution in [3.8, 4) is 0 Å². The molecule has 0 aromatic heterocycles. The molecule has 0 spiro atoms. The molecule has 0 radical (unpaired) electrons. The molecule has 39 heavy (non-hydrogen) atoms. The SMILES string of the molecule is O=C1C=C(C2=C(NCCc3ccccc3)C(=O)N(CCc3ccccc3)C2=O)C(=O)N1CCc1ccccc1. The number of amides is 4. The molecular formula is C32H29N3O4. The highest BCUT2D eigenvalue weighted by atomic mass is 16.2. The van der Waals surface area contributed by atoms with Gasteiger partial charge in [0.2, 0.25) is 0 Å². The van der Waals surface area contributed by atoms with Crippen molar-refractivity contribution in [1.29, 1.82) is 0 Å². The van der Waals surface area contributed by atoms with Crippen molar-refractivity contribution < 1.29 is 19.2 Å². The Morgan fingerprint density at radius 1 is 0.538 bits per heavy atom. The summed E-state index contributed by atoms with van der Waals surface area (Å²) < 4.78 is 0. The van der Waals surface area contributed by atoms with E-state index in [0.717, 1.165) is 21.6 Å². The summed E-state index contributed by atoms with van der Waals surface area (Å²) in [7, 11) is 0. The molecule has 0 aliphatic carbocycles. The summed E-state index contributed by atoms with van der Waals surface area (Å²) in [6.45, 7) is 0.745. The standard InChI is InChI=1S/C32H29N3O4/c36-27-22-26(30(37)34(27)20-17-24-12-6-2-7-13-24)28-29(33-19-16-23-10-4-1-5-11-23)32(39)35(31(28)38)21-18-25-14-8-3-9-15-25/h1-15,22,33H,16-21H2. The predicted octanol–water partition coefficient (Wildman–Crippen LogP) is 3.22. The van der Waals surface area contributed by atoms with Crippen molar-refractivity contribution in [2.45, 2.75) is 19.3 Å². The van der Waals surface area contributed by atoms with Crippen LogP contribution in [0.4, 0.5) is 0 Å². The van der Waals surface area contributed by atoms with E-state index in [4.69, 9.17) is 0 Å². The van der Waals surface area contributed by atoms with Crippen LogP contribution in [0.5, 0.6) is 0 Å². The van der Waals surface area contributed by atoms with Crippen LogP contribution in [-0.2, 0) is 38.4 Å². The molecular weight excluding hydrogens is 490 g/mol. The molecule has 2 aliphatic heterocycles. The van der Waals surface area contributed by atoms with Gasteiger partial charge in [0.05, 0.1) is 11.1 Å². The molecule has 0 unspecified atom stereocenters. The van der Waals surface area contributed by atoms with Crippen LogP contribution in [0.3, 0.4) is 0 Å². The number of hydrogen-bond acceptors (Lipinski definition) is 5. The molecule has 1 N–H and O–H groups in total. The molecule has 0 saturated heterocycles. The van der Waals surface area contributed by atoms with Crippen molar-refractivity contribution >= 4 is 23.6 Å². The number of hydrogen-bond donors (Lipinski definition) is 1. The van der Waals surface area contributed by atoms with Gasteiger partial charge in [0.25, 0.3) is 23.6 Å². The van der Waals surface area contributed by atoms with Crippen molar-refractivity contribution in [2.75, 3.05) is 19.6 Å². The van der Waals surface area contributed by atoms with Gasteiger partial charge in [0, 0.05) is 25.7 Å². The van der Waals surface area contributed by atoms with Crippen LogP contribution in [-0.4, -0.2) is 53.1 Å². The van der Waals surface area contributed by atoms with Crippen LogP contribution in [0.1, 0.15) is 16.7 Å². The fourth-order valence-corrected chi connectivity index (χ4v) is 4.84. The van der Waals surface area contributed by atoms with Crippen LogP contribution in [0.25, 0.3) is 0 Å². The number of nitrogens with one attached hydrogen (secondary N) is 1. The minimum atomic E-state index is -0.560. The van der Waals surface area contributed by atoms with Crippen molar-refractivity contribution in [3.63, 3.8) is 0 Å². The Morgan fingerprint density at radius 2 is 1.03 bits per heavy atom. The summed E-state index contributed by atoms with van der Waals surface area (Å²) >= 11 is 0. The van der Waals surface area contributed by atoms with Crippen molar-refractivity contribution in [1.82, 2.24) is 15.1 Å². The van der Waals surface area contributed by atoms with E-state index in [2.05, 4.69) is 5.32 Å². The molecule has 0 saturated carbocycles. The molecule has 2 heterocycles. The molecule has 5 rings (SSSR count). The van der Waals surface area contributed by atoms with Gasteiger partial charge >= 0.3 is 0 Å². The van der Waals surface area contributed by atoms with E-state index in [1.54, 1.807) is 0 Å². The number of rotatable bonds is 11. The third kappa shape index (κ3) is 5.72. The van der Waals surface area contributed by atoms with Gasteiger partial charge in [-0.1, -0.05) is 91.0 Å². The highest BCUT2D eigenvalue weighted by Gasteiger charge is 2.45. The topological polar surface area (TPSA) is 86.8 Å². The van der Waals surface area contributed by atoms with E-state index in [0.29, 0.717) is 25.8 Å². The maximum absolute atomic E-state index is 13.6. The van der Waals surface area contributed by atoms with Gasteiger partial charge in [0.15, 0.2) is 0 Å². The fraction of sp³-hybridized carbons (Fsp3) is 0.188. The Bertz CT molecular complexity index is 1450. The molecule has 0 fully saturated rings. The molecule has 7 heteroatoms. The van der Waals surface area contributed by atoms with E-state index in [1.807, 2.05) is 91.0 Å². The zero-order valence-corrected chi connectivity index (χ0v) is 21.5. The first-order valence-electron chi connectivity index (χ1n) is 13.1. The highest BCUT2D eigenvalue weighted by Crippen LogP contribution is 2.30. The zero-order valence-electron chi connectivity index (χ0n) is 21.5. The lowest BCUT2D eigenvalue weighted by Gasteiger charge is -2.16. The van der Waals surface area contributed by atoms with Gasteiger partial charge in [-0.3, -0.25) is 29.0 Å². The van der Waals surface area contributed by atoms with Crippen molar-refractivity contribution in [2.24, 2.45) is 0 Å². The lowest BCUT2D eigenvalue weighted by molar-refractivity contribution is -0.139. The first kappa shape index (κ1) is 25.9. The second-order valence-corrected chi connectivity index (χ2v) is 9.50. The Balaban J connectivity index is 1.36. The average molecular weight is 520 g/mol. The first-order chi connectivity index (χ1) is 19.0. The normalized spacial score (nSPS) is 15.4. The van der Waals surface area contributed by atoms with E-state index < -0.39 is 23.6 Å². The first-order valence-corrected chi connectivity index (χ1v) is 13.1. The summed E-state index contributed by atoms with van der Waals surface area (Å²) in [5, 5.41) is 3.12. The van der Waals surface area contributed by atoms with Crippen LogP contribution in [0.2, 0.25) is 0 Å². The largest absolute Gasteiger partial charge is 0.380 e. The lowest BCUT2D eigenvalue weighted by atomic mass is 10.0. The summed E-state index contributed by atoms with van der Waals surface area (Å²) in [5.41, 5.74) is 3.07. The molecule has 0 atom stereocenters. The van der Waals surface area contributed by atoms with E-state index >= 15 is 0 Å². The molecule has 4 amide bonds. The quantitative estimate of drug-likeness (QED) is 0.393. The smallest absolute Gasteiger partial charge is 0.277 e. The number of benzene rings is 3. The summed E-state index contributed by atoms with van der Waals surface area (Å²) in [6, 6.07) is 28.9. The van der Waals surface area contributed by atoms with Gasteiger partial charge in [-0.25, -0.2) is 0 Å². The summed E-state index contributed by atoms with van der Waals surface area (Å²) in [5.74, 6) is -2.08. The maximum Gasteiger partial charge on any atom is 0.277 e. The van der Waals surface area contributed by atoms with Crippen molar-refractivity contribution in [3.05, 3.63) is 131 Å². The predicted molar refractivity (Wildman–Crippen MR) is 147 cm³/mol. The van der Waals surface area contributed by atoms with Gasteiger partial charge in [-0.2, -0.15) is 0 Å². The molecule has 0 bridgehead atoms. The Kier molecular flexibility index (Phi) is 7.78. The number of carbonyl (C=O) groups excluding carboxylic acids is 4. The summed E-state index contributed by atoms with van der Waals surface area (Å²) in [6.07, 6.45) is 2.79. The summed E-state index contributed by atoms with van der Waals surface area (Å²) in [4.78, 5) is 55.6. The second kappa shape index (κ2) is 11.7. The van der Waals surface area contributed by atoms with E-state index in [9.17, 15) is 19.2 Å². The molecule has 3 aromatic carbocycles. The van der Waals surface area contributed by atoms with E-state index in [1.165, 1.54) is 11.0 Å². The Morgan fingerprint density at radius 3 is 1.56 bits per heavy atom.